The van der Waals surface area contributed by atoms with Gasteiger partial charge in [0.05, 0.1) is 17.8 Å². The van der Waals surface area contributed by atoms with E-state index in [0.717, 1.165) is 30.0 Å². The highest BCUT2D eigenvalue weighted by molar-refractivity contribution is 5.92. The molecule has 0 aliphatic carbocycles. The SMILES string of the molecule is O=C(Cc1coc(-c2ccc(F)cc2)n1)Nc1cccc(-c2cn3c(n2)CCCC3)c1. The summed E-state index contributed by atoms with van der Waals surface area (Å²) < 4.78 is 20.7. The van der Waals surface area contributed by atoms with Crippen molar-refractivity contribution in [2.24, 2.45) is 0 Å². The summed E-state index contributed by atoms with van der Waals surface area (Å²) in [6, 6.07) is 13.5. The number of anilines is 1. The van der Waals surface area contributed by atoms with Crippen LogP contribution >= 0.6 is 0 Å². The van der Waals surface area contributed by atoms with E-state index in [4.69, 9.17) is 9.40 Å². The fourth-order valence-electron chi connectivity index (χ4n) is 3.79. The van der Waals surface area contributed by atoms with Gasteiger partial charge in [-0.05, 0) is 49.2 Å². The molecule has 2 aromatic carbocycles. The summed E-state index contributed by atoms with van der Waals surface area (Å²) >= 11 is 0. The number of hydrogen-bond acceptors (Lipinski definition) is 4. The van der Waals surface area contributed by atoms with Crippen molar-refractivity contribution in [3.05, 3.63) is 78.3 Å². The Morgan fingerprint density at radius 2 is 1.97 bits per heavy atom. The van der Waals surface area contributed by atoms with Crippen molar-refractivity contribution in [3.8, 4) is 22.7 Å². The maximum absolute atomic E-state index is 13.1. The second-order valence-electron chi connectivity index (χ2n) is 7.65. The van der Waals surface area contributed by atoms with Crippen molar-refractivity contribution in [1.29, 1.82) is 0 Å². The van der Waals surface area contributed by atoms with Crippen LogP contribution in [0.2, 0.25) is 0 Å². The molecule has 0 radical (unpaired) electrons. The molecule has 6 nitrogen and oxygen atoms in total. The van der Waals surface area contributed by atoms with Crippen LogP contribution in [0.25, 0.3) is 22.7 Å². The van der Waals surface area contributed by atoms with E-state index in [-0.39, 0.29) is 18.1 Å². The van der Waals surface area contributed by atoms with Crippen LogP contribution in [-0.4, -0.2) is 20.4 Å². The quantitative estimate of drug-likeness (QED) is 0.504. The number of carbonyl (C=O) groups excluding carboxylic acids is 1. The maximum Gasteiger partial charge on any atom is 0.230 e. The van der Waals surface area contributed by atoms with Crippen LogP contribution in [0.3, 0.4) is 0 Å². The van der Waals surface area contributed by atoms with Gasteiger partial charge in [-0.15, -0.1) is 0 Å². The van der Waals surface area contributed by atoms with Gasteiger partial charge in [0, 0.05) is 36.0 Å². The predicted octanol–water partition coefficient (Wildman–Crippen LogP) is 4.86. The Morgan fingerprint density at radius 1 is 1.10 bits per heavy atom. The number of nitrogens with zero attached hydrogens (tertiary/aromatic N) is 3. The van der Waals surface area contributed by atoms with Crippen LogP contribution in [0, 0.1) is 5.82 Å². The molecule has 1 N–H and O–H groups in total. The predicted molar refractivity (Wildman–Crippen MR) is 115 cm³/mol. The summed E-state index contributed by atoms with van der Waals surface area (Å²) in [7, 11) is 0. The molecular formula is C24H21FN4O2. The minimum absolute atomic E-state index is 0.0771. The van der Waals surface area contributed by atoms with E-state index < -0.39 is 0 Å². The van der Waals surface area contributed by atoms with E-state index in [9.17, 15) is 9.18 Å². The van der Waals surface area contributed by atoms with Crippen LogP contribution in [0.5, 0.6) is 0 Å². The molecule has 0 fully saturated rings. The highest BCUT2D eigenvalue weighted by atomic mass is 19.1. The van der Waals surface area contributed by atoms with Gasteiger partial charge in [0.2, 0.25) is 11.8 Å². The highest BCUT2D eigenvalue weighted by Gasteiger charge is 2.14. The molecule has 5 rings (SSSR count). The zero-order valence-corrected chi connectivity index (χ0v) is 16.8. The topological polar surface area (TPSA) is 73.0 Å². The average molecular weight is 416 g/mol. The van der Waals surface area contributed by atoms with Crippen LogP contribution in [0.4, 0.5) is 10.1 Å². The summed E-state index contributed by atoms with van der Waals surface area (Å²) in [5, 5.41) is 2.91. The average Bonchev–Trinajstić information content (AvgIpc) is 3.41. The smallest absolute Gasteiger partial charge is 0.230 e. The number of imidazole rings is 1. The summed E-state index contributed by atoms with van der Waals surface area (Å²) in [5.41, 5.74) is 3.77. The molecule has 4 aromatic rings. The van der Waals surface area contributed by atoms with Crippen molar-refractivity contribution >= 4 is 11.6 Å². The first-order valence-electron chi connectivity index (χ1n) is 10.3. The second kappa shape index (κ2) is 8.18. The number of amides is 1. The van der Waals surface area contributed by atoms with E-state index in [0.29, 0.717) is 22.8 Å². The van der Waals surface area contributed by atoms with Gasteiger partial charge in [0.15, 0.2) is 0 Å². The summed E-state index contributed by atoms with van der Waals surface area (Å²) in [6.45, 7) is 1.01. The molecule has 0 unspecified atom stereocenters. The van der Waals surface area contributed by atoms with Gasteiger partial charge in [-0.3, -0.25) is 4.79 Å². The molecule has 1 aliphatic heterocycles. The number of aromatic nitrogens is 3. The normalized spacial score (nSPS) is 13.1. The second-order valence-corrected chi connectivity index (χ2v) is 7.65. The first kappa shape index (κ1) is 19.2. The van der Waals surface area contributed by atoms with Gasteiger partial charge in [-0.2, -0.15) is 0 Å². The molecule has 0 spiro atoms. The number of oxazole rings is 1. The van der Waals surface area contributed by atoms with E-state index in [1.165, 1.54) is 31.2 Å². The first-order chi connectivity index (χ1) is 15.1. The van der Waals surface area contributed by atoms with Crippen LogP contribution in [0.15, 0.2) is 65.4 Å². The van der Waals surface area contributed by atoms with Gasteiger partial charge in [-0.25, -0.2) is 14.4 Å². The number of halogens is 1. The Hall–Kier alpha value is -3.74. The Labute approximate surface area is 178 Å². The minimum atomic E-state index is -0.326. The lowest BCUT2D eigenvalue weighted by atomic mass is 10.1. The molecule has 156 valence electrons. The van der Waals surface area contributed by atoms with Crippen molar-refractivity contribution in [2.45, 2.75) is 32.2 Å². The lowest BCUT2D eigenvalue weighted by Gasteiger charge is -2.11. The lowest BCUT2D eigenvalue weighted by molar-refractivity contribution is -0.115. The Bertz CT molecular complexity index is 1200. The largest absolute Gasteiger partial charge is 0.444 e. The van der Waals surface area contributed by atoms with Gasteiger partial charge in [0.25, 0.3) is 0 Å². The fraction of sp³-hybridized carbons (Fsp3) is 0.208. The number of benzene rings is 2. The number of fused-ring (bicyclic) bond motifs is 1. The molecule has 2 aromatic heterocycles. The van der Waals surface area contributed by atoms with Crippen molar-refractivity contribution in [1.82, 2.24) is 14.5 Å². The summed E-state index contributed by atoms with van der Waals surface area (Å²) in [5.74, 6) is 0.959. The first-order valence-corrected chi connectivity index (χ1v) is 10.3. The van der Waals surface area contributed by atoms with Crippen molar-refractivity contribution in [2.75, 3.05) is 5.32 Å². The molecule has 0 atom stereocenters. The third-order valence-corrected chi connectivity index (χ3v) is 5.34. The third-order valence-electron chi connectivity index (χ3n) is 5.34. The van der Waals surface area contributed by atoms with E-state index in [2.05, 4.69) is 21.1 Å². The lowest BCUT2D eigenvalue weighted by Crippen LogP contribution is -2.14. The Balaban J connectivity index is 1.26. The molecule has 31 heavy (non-hydrogen) atoms. The van der Waals surface area contributed by atoms with Gasteiger partial charge < -0.3 is 14.3 Å². The molecule has 0 saturated heterocycles. The van der Waals surface area contributed by atoms with Crippen molar-refractivity contribution < 1.29 is 13.6 Å². The number of rotatable bonds is 5. The molecule has 0 saturated carbocycles. The number of hydrogen-bond donors (Lipinski definition) is 1. The monoisotopic (exact) mass is 416 g/mol. The van der Waals surface area contributed by atoms with Crippen molar-refractivity contribution in [3.63, 3.8) is 0 Å². The fourth-order valence-corrected chi connectivity index (χ4v) is 3.79. The zero-order valence-electron chi connectivity index (χ0n) is 16.8. The molecule has 3 heterocycles. The highest BCUT2D eigenvalue weighted by Crippen LogP contribution is 2.25. The van der Waals surface area contributed by atoms with Crippen LogP contribution < -0.4 is 5.32 Å². The number of nitrogens with one attached hydrogen (secondary N) is 1. The summed E-state index contributed by atoms with van der Waals surface area (Å²) in [6.07, 6.45) is 6.98. The number of carbonyl (C=O) groups is 1. The van der Waals surface area contributed by atoms with E-state index in [1.807, 2.05) is 24.3 Å². The standard InChI is InChI=1S/C24H21FN4O2/c25-18-9-7-16(8-10-18)24-27-20(15-31-24)13-23(30)26-19-5-3-4-17(12-19)21-14-29-11-2-1-6-22(29)28-21/h3-5,7-10,12,14-15H,1-2,6,11,13H2,(H,26,30). The summed E-state index contributed by atoms with van der Waals surface area (Å²) in [4.78, 5) is 21.6. The van der Waals surface area contributed by atoms with Crippen LogP contribution in [0.1, 0.15) is 24.4 Å². The number of aryl methyl sites for hydroxylation is 2. The van der Waals surface area contributed by atoms with E-state index >= 15 is 0 Å². The minimum Gasteiger partial charge on any atom is -0.444 e. The molecule has 0 bridgehead atoms. The third kappa shape index (κ3) is 4.26. The molecular weight excluding hydrogens is 395 g/mol. The Kier molecular flexibility index (Phi) is 5.08. The van der Waals surface area contributed by atoms with Gasteiger partial charge in [0.1, 0.15) is 17.9 Å². The zero-order chi connectivity index (χ0) is 21.2. The van der Waals surface area contributed by atoms with Crippen LogP contribution in [-0.2, 0) is 24.2 Å². The maximum atomic E-state index is 13.1. The van der Waals surface area contributed by atoms with Gasteiger partial charge in [-0.1, -0.05) is 12.1 Å². The molecule has 7 heteroatoms. The van der Waals surface area contributed by atoms with E-state index in [1.54, 1.807) is 12.1 Å². The Morgan fingerprint density at radius 3 is 2.81 bits per heavy atom. The molecule has 1 aliphatic rings. The van der Waals surface area contributed by atoms with Gasteiger partial charge >= 0.3 is 0 Å². The molecule has 1 amide bonds.